The molecule has 2 fully saturated rings. The minimum absolute atomic E-state index is 0.689. The molecule has 3 rings (SSSR count). The highest BCUT2D eigenvalue weighted by molar-refractivity contribution is 9.10. The zero-order chi connectivity index (χ0) is 13.2. The smallest absolute Gasteiger partial charge is 0.0353 e. The largest absolute Gasteiger partial charge is 0.382 e. The van der Waals surface area contributed by atoms with Gasteiger partial charge >= 0.3 is 0 Å². The van der Waals surface area contributed by atoms with E-state index in [-0.39, 0.29) is 0 Å². The molecule has 3 atom stereocenters. The molecule has 19 heavy (non-hydrogen) atoms. The van der Waals surface area contributed by atoms with Crippen molar-refractivity contribution in [1.82, 2.24) is 0 Å². The number of aryl methyl sites for hydroxylation is 1. The van der Waals surface area contributed by atoms with Gasteiger partial charge < -0.3 is 5.32 Å². The molecule has 0 amide bonds. The third kappa shape index (κ3) is 3.16. The Balaban J connectivity index is 1.62. The Morgan fingerprint density at radius 2 is 1.84 bits per heavy atom. The zero-order valence-corrected chi connectivity index (χ0v) is 13.4. The van der Waals surface area contributed by atoms with Crippen LogP contribution in [0.15, 0.2) is 22.7 Å². The summed E-state index contributed by atoms with van der Waals surface area (Å²) in [5.74, 6) is 2.03. The number of nitrogens with one attached hydrogen (secondary N) is 1. The molecule has 1 aromatic carbocycles. The lowest BCUT2D eigenvalue weighted by atomic mass is 9.69. The second kappa shape index (κ2) is 5.87. The molecule has 0 heterocycles. The van der Waals surface area contributed by atoms with Crippen LogP contribution in [0.4, 0.5) is 5.69 Å². The Labute approximate surface area is 125 Å². The van der Waals surface area contributed by atoms with E-state index in [0.29, 0.717) is 6.04 Å². The molecule has 0 radical (unpaired) electrons. The van der Waals surface area contributed by atoms with E-state index in [9.17, 15) is 0 Å². The molecule has 0 aliphatic heterocycles. The summed E-state index contributed by atoms with van der Waals surface area (Å²) in [4.78, 5) is 0. The first kappa shape index (κ1) is 13.5. The molecule has 1 aromatic rings. The van der Waals surface area contributed by atoms with Crippen molar-refractivity contribution >= 4 is 21.6 Å². The number of hydrogen-bond acceptors (Lipinski definition) is 1. The SMILES string of the molecule is Cc1ccc(NC2CCC3CCCCC3C2)cc1Br. The Hall–Kier alpha value is -0.500. The quantitative estimate of drug-likeness (QED) is 0.755. The average molecular weight is 322 g/mol. The summed E-state index contributed by atoms with van der Waals surface area (Å²) in [6.07, 6.45) is 10.1. The summed E-state index contributed by atoms with van der Waals surface area (Å²) in [5.41, 5.74) is 2.58. The van der Waals surface area contributed by atoms with Crippen molar-refractivity contribution in [1.29, 1.82) is 0 Å². The predicted octanol–water partition coefficient (Wildman–Crippen LogP) is 5.53. The van der Waals surface area contributed by atoms with E-state index in [4.69, 9.17) is 0 Å². The fraction of sp³-hybridized carbons (Fsp3) is 0.647. The topological polar surface area (TPSA) is 12.0 Å². The van der Waals surface area contributed by atoms with Crippen molar-refractivity contribution in [3.05, 3.63) is 28.2 Å². The minimum Gasteiger partial charge on any atom is -0.382 e. The van der Waals surface area contributed by atoms with Crippen molar-refractivity contribution in [2.45, 2.75) is 57.9 Å². The molecule has 1 N–H and O–H groups in total. The van der Waals surface area contributed by atoms with Crippen LogP contribution >= 0.6 is 15.9 Å². The van der Waals surface area contributed by atoms with Crippen molar-refractivity contribution in [2.24, 2.45) is 11.8 Å². The zero-order valence-electron chi connectivity index (χ0n) is 11.8. The molecule has 0 bridgehead atoms. The molecule has 2 aliphatic carbocycles. The van der Waals surface area contributed by atoms with Crippen molar-refractivity contribution in [3.8, 4) is 0 Å². The summed E-state index contributed by atoms with van der Waals surface area (Å²) in [5, 5.41) is 3.75. The van der Waals surface area contributed by atoms with Gasteiger partial charge in [0.1, 0.15) is 0 Å². The molecule has 2 saturated carbocycles. The molecule has 0 saturated heterocycles. The highest BCUT2D eigenvalue weighted by Crippen LogP contribution is 2.41. The third-order valence-electron chi connectivity index (χ3n) is 5.08. The van der Waals surface area contributed by atoms with Crippen LogP contribution in [0.5, 0.6) is 0 Å². The monoisotopic (exact) mass is 321 g/mol. The van der Waals surface area contributed by atoms with E-state index in [1.165, 1.54) is 60.7 Å². The maximum atomic E-state index is 3.75. The van der Waals surface area contributed by atoms with E-state index in [2.05, 4.69) is 46.4 Å². The number of hydrogen-bond donors (Lipinski definition) is 1. The van der Waals surface area contributed by atoms with E-state index in [1.54, 1.807) is 0 Å². The van der Waals surface area contributed by atoms with Crippen molar-refractivity contribution in [2.75, 3.05) is 5.32 Å². The third-order valence-corrected chi connectivity index (χ3v) is 5.94. The van der Waals surface area contributed by atoms with Crippen LogP contribution in [0.2, 0.25) is 0 Å². The van der Waals surface area contributed by atoms with E-state index in [1.807, 2.05) is 0 Å². The number of fused-ring (bicyclic) bond motifs is 1. The normalized spacial score (nSPS) is 30.7. The molecule has 0 aromatic heterocycles. The summed E-state index contributed by atoms with van der Waals surface area (Å²) in [6.45, 7) is 2.14. The van der Waals surface area contributed by atoms with Crippen LogP contribution in [-0.4, -0.2) is 6.04 Å². The van der Waals surface area contributed by atoms with Gasteiger partial charge in [-0.3, -0.25) is 0 Å². The first-order valence-corrected chi connectivity index (χ1v) is 8.54. The van der Waals surface area contributed by atoms with Gasteiger partial charge in [-0.15, -0.1) is 0 Å². The molecule has 2 aliphatic rings. The van der Waals surface area contributed by atoms with Gasteiger partial charge in [-0.25, -0.2) is 0 Å². The molecule has 0 spiro atoms. The second-order valence-electron chi connectivity index (χ2n) is 6.42. The number of benzene rings is 1. The fourth-order valence-electron chi connectivity index (χ4n) is 3.92. The molecule has 3 unspecified atom stereocenters. The van der Waals surface area contributed by atoms with Crippen molar-refractivity contribution in [3.63, 3.8) is 0 Å². The van der Waals surface area contributed by atoms with Gasteiger partial charge in [0.2, 0.25) is 0 Å². The number of rotatable bonds is 2. The standard InChI is InChI=1S/C17H24BrN/c1-12-6-8-16(11-17(12)18)19-15-9-7-13-4-2-3-5-14(13)10-15/h6,8,11,13-15,19H,2-5,7,9-10H2,1H3. The number of anilines is 1. The van der Waals surface area contributed by atoms with E-state index >= 15 is 0 Å². The minimum atomic E-state index is 0.689. The van der Waals surface area contributed by atoms with Crippen LogP contribution in [-0.2, 0) is 0 Å². The van der Waals surface area contributed by atoms with Gasteiger partial charge in [-0.05, 0) is 55.7 Å². The molecule has 1 nitrogen and oxygen atoms in total. The first-order valence-electron chi connectivity index (χ1n) is 7.75. The van der Waals surface area contributed by atoms with Gasteiger partial charge in [-0.2, -0.15) is 0 Å². The Morgan fingerprint density at radius 1 is 1.05 bits per heavy atom. The van der Waals surface area contributed by atoms with E-state index < -0.39 is 0 Å². The Bertz CT molecular complexity index is 443. The van der Waals surface area contributed by atoms with Gasteiger partial charge in [-0.1, -0.05) is 47.7 Å². The van der Waals surface area contributed by atoms with Crippen LogP contribution in [0.1, 0.15) is 50.5 Å². The van der Waals surface area contributed by atoms with Crippen LogP contribution in [0, 0.1) is 18.8 Å². The summed E-state index contributed by atoms with van der Waals surface area (Å²) < 4.78 is 1.21. The predicted molar refractivity (Wildman–Crippen MR) is 85.6 cm³/mol. The van der Waals surface area contributed by atoms with E-state index in [0.717, 1.165) is 11.8 Å². The Kier molecular flexibility index (Phi) is 4.16. The lowest BCUT2D eigenvalue weighted by Gasteiger charge is -2.39. The van der Waals surface area contributed by atoms with Gasteiger partial charge in [0.25, 0.3) is 0 Å². The Morgan fingerprint density at radius 3 is 2.63 bits per heavy atom. The first-order chi connectivity index (χ1) is 9.22. The summed E-state index contributed by atoms with van der Waals surface area (Å²) in [6, 6.07) is 7.32. The van der Waals surface area contributed by atoms with Gasteiger partial charge in [0.15, 0.2) is 0 Å². The summed E-state index contributed by atoms with van der Waals surface area (Å²) >= 11 is 3.63. The van der Waals surface area contributed by atoms with Crippen LogP contribution < -0.4 is 5.32 Å². The summed E-state index contributed by atoms with van der Waals surface area (Å²) in [7, 11) is 0. The average Bonchev–Trinajstić information content (AvgIpc) is 2.43. The van der Waals surface area contributed by atoms with Gasteiger partial charge in [0.05, 0.1) is 0 Å². The number of halogens is 1. The second-order valence-corrected chi connectivity index (χ2v) is 7.28. The lowest BCUT2D eigenvalue weighted by Crippen LogP contribution is -2.34. The molecular formula is C17H24BrN. The molecular weight excluding hydrogens is 298 g/mol. The maximum Gasteiger partial charge on any atom is 0.0353 e. The fourth-order valence-corrected chi connectivity index (χ4v) is 4.30. The molecule has 104 valence electrons. The molecule has 2 heteroatoms. The highest BCUT2D eigenvalue weighted by atomic mass is 79.9. The van der Waals surface area contributed by atoms with Crippen molar-refractivity contribution < 1.29 is 0 Å². The highest BCUT2D eigenvalue weighted by Gasteiger charge is 2.31. The van der Waals surface area contributed by atoms with Gasteiger partial charge in [0, 0.05) is 16.2 Å². The van der Waals surface area contributed by atoms with Crippen LogP contribution in [0.25, 0.3) is 0 Å². The van der Waals surface area contributed by atoms with Crippen LogP contribution in [0.3, 0.4) is 0 Å². The maximum absolute atomic E-state index is 3.75. The lowest BCUT2D eigenvalue weighted by molar-refractivity contribution is 0.162.